The molecule has 0 radical (unpaired) electrons. The van der Waals surface area contributed by atoms with Crippen molar-refractivity contribution in [3.63, 3.8) is 0 Å². The second-order valence-corrected chi connectivity index (χ2v) is 5.93. The number of hydrogen-bond acceptors (Lipinski definition) is 3. The minimum Gasteiger partial charge on any atom is -0.398 e. The van der Waals surface area contributed by atoms with E-state index in [1.807, 2.05) is 20.0 Å². The Bertz CT molecular complexity index is 609. The summed E-state index contributed by atoms with van der Waals surface area (Å²) < 4.78 is 14.0. The zero-order valence-electron chi connectivity index (χ0n) is 10.2. The molecule has 1 heterocycles. The second-order valence-electron chi connectivity index (χ2n) is 4.07. The highest BCUT2D eigenvalue weighted by Gasteiger charge is 2.10. The molecular weight excluding hydrogens is 270 g/mol. The molecule has 4 nitrogen and oxygen atoms in total. The quantitative estimate of drug-likeness (QED) is 0.879. The number of nitrogen functional groups attached to an aromatic ring is 1. The minimum absolute atomic E-state index is 0.414. The Morgan fingerprint density at radius 2 is 2.17 bits per heavy atom. The molecule has 0 bridgehead atoms. The number of rotatable bonds is 3. The standard InChI is InChI=1S/C12H14ClN3OS/c1-8-5-9(16(2)15-8)7-18(17)10-3-4-12(14)11(13)6-10/h3-6H,7,14H2,1-2H3. The van der Waals surface area contributed by atoms with Crippen LogP contribution in [0.2, 0.25) is 5.02 Å². The van der Waals surface area contributed by atoms with Gasteiger partial charge in [-0.15, -0.1) is 0 Å². The number of anilines is 1. The first-order chi connectivity index (χ1) is 8.47. The summed E-state index contributed by atoms with van der Waals surface area (Å²) in [5.41, 5.74) is 7.96. The third-order valence-corrected chi connectivity index (χ3v) is 4.28. The van der Waals surface area contributed by atoms with E-state index in [1.165, 1.54) is 0 Å². The number of aromatic nitrogens is 2. The molecule has 2 aromatic rings. The lowest BCUT2D eigenvalue weighted by molar-refractivity contribution is 0.676. The van der Waals surface area contributed by atoms with Gasteiger partial charge in [-0.3, -0.25) is 8.89 Å². The molecule has 0 spiro atoms. The molecule has 0 aliphatic carbocycles. The fourth-order valence-electron chi connectivity index (χ4n) is 1.67. The zero-order valence-corrected chi connectivity index (χ0v) is 11.8. The van der Waals surface area contributed by atoms with Crippen molar-refractivity contribution >= 4 is 28.1 Å². The van der Waals surface area contributed by atoms with Gasteiger partial charge in [-0.25, -0.2) is 0 Å². The molecule has 2 N–H and O–H groups in total. The van der Waals surface area contributed by atoms with Crippen molar-refractivity contribution in [3.05, 3.63) is 40.7 Å². The summed E-state index contributed by atoms with van der Waals surface area (Å²) in [6.07, 6.45) is 0. The van der Waals surface area contributed by atoms with Gasteiger partial charge in [0, 0.05) is 11.9 Å². The Morgan fingerprint density at radius 3 is 2.72 bits per heavy atom. The molecule has 1 atom stereocenters. The molecule has 0 saturated carbocycles. The molecule has 1 unspecified atom stereocenters. The van der Waals surface area contributed by atoms with Crippen LogP contribution in [0, 0.1) is 6.92 Å². The SMILES string of the molecule is Cc1cc(CS(=O)c2ccc(N)c(Cl)c2)n(C)n1. The number of halogens is 1. The molecule has 0 aliphatic heterocycles. The van der Waals surface area contributed by atoms with Crippen LogP contribution in [0.15, 0.2) is 29.2 Å². The van der Waals surface area contributed by atoms with Crippen LogP contribution in [0.3, 0.4) is 0 Å². The summed E-state index contributed by atoms with van der Waals surface area (Å²) in [6.45, 7) is 1.91. The molecule has 96 valence electrons. The summed E-state index contributed by atoms with van der Waals surface area (Å²) in [4.78, 5) is 0.674. The zero-order chi connectivity index (χ0) is 13.3. The van der Waals surface area contributed by atoms with E-state index in [2.05, 4.69) is 5.10 Å². The van der Waals surface area contributed by atoms with E-state index in [4.69, 9.17) is 17.3 Å². The second kappa shape index (κ2) is 5.12. The average Bonchev–Trinajstić information content (AvgIpc) is 2.61. The summed E-state index contributed by atoms with van der Waals surface area (Å²) in [5, 5.41) is 4.66. The number of nitrogens with two attached hydrogens (primary N) is 1. The third kappa shape index (κ3) is 2.73. The van der Waals surface area contributed by atoms with Crippen molar-refractivity contribution in [1.29, 1.82) is 0 Å². The number of nitrogens with zero attached hydrogens (tertiary/aromatic N) is 2. The molecule has 18 heavy (non-hydrogen) atoms. The molecule has 0 saturated heterocycles. The van der Waals surface area contributed by atoms with Gasteiger partial charge in [0.1, 0.15) is 0 Å². The maximum Gasteiger partial charge on any atom is 0.0702 e. The van der Waals surface area contributed by atoms with Gasteiger partial charge in [0.2, 0.25) is 0 Å². The largest absolute Gasteiger partial charge is 0.398 e. The van der Waals surface area contributed by atoms with Crippen LogP contribution in [0.1, 0.15) is 11.4 Å². The van der Waals surface area contributed by atoms with E-state index >= 15 is 0 Å². The lowest BCUT2D eigenvalue weighted by Gasteiger charge is -2.05. The topological polar surface area (TPSA) is 60.9 Å². The van der Waals surface area contributed by atoms with Crippen LogP contribution in [0.5, 0.6) is 0 Å². The first kappa shape index (κ1) is 13.1. The van der Waals surface area contributed by atoms with Crippen LogP contribution in [0.25, 0.3) is 0 Å². The summed E-state index contributed by atoms with van der Waals surface area (Å²) >= 11 is 5.92. The van der Waals surface area contributed by atoms with E-state index < -0.39 is 10.8 Å². The average molecular weight is 284 g/mol. The molecule has 0 aliphatic rings. The van der Waals surface area contributed by atoms with Crippen LogP contribution in [-0.2, 0) is 23.6 Å². The Hall–Kier alpha value is -1.33. The number of hydrogen-bond donors (Lipinski definition) is 1. The van der Waals surface area contributed by atoms with Gasteiger partial charge in [-0.05, 0) is 31.2 Å². The lowest BCUT2D eigenvalue weighted by atomic mass is 10.3. The van der Waals surface area contributed by atoms with Crippen molar-refractivity contribution < 1.29 is 4.21 Å². The van der Waals surface area contributed by atoms with Crippen molar-refractivity contribution in [2.24, 2.45) is 7.05 Å². The highest BCUT2D eigenvalue weighted by atomic mass is 35.5. The van der Waals surface area contributed by atoms with Crippen LogP contribution < -0.4 is 5.73 Å². The van der Waals surface area contributed by atoms with Gasteiger partial charge in [-0.1, -0.05) is 11.6 Å². The molecule has 0 amide bonds. The molecule has 2 rings (SSSR count). The number of benzene rings is 1. The highest BCUT2D eigenvalue weighted by molar-refractivity contribution is 7.84. The molecular formula is C12H14ClN3OS. The van der Waals surface area contributed by atoms with Gasteiger partial charge in [-0.2, -0.15) is 5.10 Å². The van der Waals surface area contributed by atoms with E-state index in [1.54, 1.807) is 22.9 Å². The first-order valence-corrected chi connectivity index (χ1v) is 7.10. The van der Waals surface area contributed by atoms with Gasteiger partial charge < -0.3 is 5.73 Å². The van der Waals surface area contributed by atoms with Gasteiger partial charge >= 0.3 is 0 Å². The van der Waals surface area contributed by atoms with Gasteiger partial charge in [0.15, 0.2) is 0 Å². The van der Waals surface area contributed by atoms with E-state index in [9.17, 15) is 4.21 Å². The smallest absolute Gasteiger partial charge is 0.0702 e. The third-order valence-electron chi connectivity index (χ3n) is 2.61. The van der Waals surface area contributed by atoms with E-state index in [-0.39, 0.29) is 0 Å². The fourth-order valence-corrected chi connectivity index (χ4v) is 3.09. The molecule has 1 aromatic carbocycles. The normalized spacial score (nSPS) is 12.6. The summed E-state index contributed by atoms with van der Waals surface area (Å²) in [7, 11) is 0.692. The Morgan fingerprint density at radius 1 is 1.44 bits per heavy atom. The molecule has 1 aromatic heterocycles. The Balaban J connectivity index is 2.22. The van der Waals surface area contributed by atoms with Crippen LogP contribution >= 0.6 is 11.6 Å². The predicted octanol–water partition coefficient (Wildman–Crippen LogP) is 2.27. The minimum atomic E-state index is -1.15. The monoisotopic (exact) mass is 283 g/mol. The predicted molar refractivity (Wildman–Crippen MR) is 73.9 cm³/mol. The maximum absolute atomic E-state index is 12.2. The fraction of sp³-hybridized carbons (Fsp3) is 0.250. The number of aryl methyl sites for hydroxylation is 2. The van der Waals surface area contributed by atoms with E-state index in [0.29, 0.717) is 21.4 Å². The van der Waals surface area contributed by atoms with Crippen LogP contribution in [0.4, 0.5) is 5.69 Å². The molecule has 6 heteroatoms. The molecule has 0 fully saturated rings. The van der Waals surface area contributed by atoms with Crippen molar-refractivity contribution in [2.75, 3.05) is 5.73 Å². The van der Waals surface area contributed by atoms with E-state index in [0.717, 1.165) is 11.4 Å². The summed E-state index contributed by atoms with van der Waals surface area (Å²) in [5.74, 6) is 0.414. The van der Waals surface area contributed by atoms with Crippen molar-refractivity contribution in [3.8, 4) is 0 Å². The van der Waals surface area contributed by atoms with Crippen molar-refractivity contribution in [1.82, 2.24) is 9.78 Å². The van der Waals surface area contributed by atoms with Crippen molar-refractivity contribution in [2.45, 2.75) is 17.6 Å². The van der Waals surface area contributed by atoms with Gasteiger partial charge in [0.05, 0.1) is 38.7 Å². The Kier molecular flexibility index (Phi) is 3.73. The van der Waals surface area contributed by atoms with Crippen LogP contribution in [-0.4, -0.2) is 14.0 Å². The lowest BCUT2D eigenvalue weighted by Crippen LogP contribution is -2.03. The highest BCUT2D eigenvalue weighted by Crippen LogP contribution is 2.22. The van der Waals surface area contributed by atoms with Gasteiger partial charge in [0.25, 0.3) is 0 Å². The summed E-state index contributed by atoms with van der Waals surface area (Å²) in [6, 6.07) is 6.98. The Labute approximate surface area is 113 Å². The maximum atomic E-state index is 12.2. The first-order valence-electron chi connectivity index (χ1n) is 5.40.